The quantitative estimate of drug-likeness (QED) is 0.508. The van der Waals surface area contributed by atoms with Crippen molar-refractivity contribution in [3.05, 3.63) is 52.1 Å². The molecule has 0 saturated carbocycles. The Morgan fingerprint density at radius 3 is 2.62 bits per heavy atom. The van der Waals surface area contributed by atoms with Crippen LogP contribution in [0.25, 0.3) is 0 Å². The molecular formula is C21H27N2O3+. The van der Waals surface area contributed by atoms with Gasteiger partial charge in [-0.05, 0) is 57.6 Å². The Kier molecular flexibility index (Phi) is 5.25. The first-order valence-corrected chi connectivity index (χ1v) is 9.37. The third-order valence-electron chi connectivity index (χ3n) is 5.30. The molecule has 0 radical (unpaired) electrons. The summed E-state index contributed by atoms with van der Waals surface area (Å²) < 4.78 is 7.09. The molecule has 0 aliphatic heterocycles. The third-order valence-corrected chi connectivity index (χ3v) is 5.30. The number of fused-ring (bicyclic) bond motifs is 1. The zero-order valence-electron chi connectivity index (χ0n) is 16.0. The fourth-order valence-corrected chi connectivity index (χ4v) is 3.78. The standard InChI is InChI=1S/C21H26N2O3/c1-5-26-21(25)18-13(2)19(22-14(18)3)20(24)15(4)23-11-10-16-8-6-7-9-17(16)12-23/h10-12,15H,5-9H2,1-4H3/p+1/t15-/m0/s1. The maximum Gasteiger partial charge on any atom is 0.340 e. The number of ketones is 1. The van der Waals surface area contributed by atoms with Gasteiger partial charge >= 0.3 is 5.97 Å². The van der Waals surface area contributed by atoms with Gasteiger partial charge in [-0.1, -0.05) is 0 Å². The Bertz CT molecular complexity index is 851. The van der Waals surface area contributed by atoms with Gasteiger partial charge in [0.25, 0.3) is 0 Å². The van der Waals surface area contributed by atoms with Gasteiger partial charge in [0.1, 0.15) is 0 Å². The Balaban J connectivity index is 1.89. The molecule has 0 saturated heterocycles. The molecule has 1 aliphatic rings. The molecule has 0 bridgehead atoms. The minimum Gasteiger partial charge on any atom is -0.462 e. The van der Waals surface area contributed by atoms with Crippen molar-refractivity contribution < 1.29 is 18.9 Å². The Morgan fingerprint density at radius 1 is 1.23 bits per heavy atom. The number of hydrogen-bond donors (Lipinski definition) is 1. The average Bonchev–Trinajstić information content (AvgIpc) is 2.94. The first-order chi connectivity index (χ1) is 12.4. The lowest BCUT2D eigenvalue weighted by molar-refractivity contribution is -0.705. The van der Waals surface area contributed by atoms with E-state index in [1.165, 1.54) is 24.0 Å². The van der Waals surface area contributed by atoms with Crippen LogP contribution in [0, 0.1) is 13.8 Å². The number of pyridine rings is 1. The normalized spacial score (nSPS) is 14.6. The van der Waals surface area contributed by atoms with Gasteiger partial charge in [-0.25, -0.2) is 4.79 Å². The minimum atomic E-state index is -0.383. The van der Waals surface area contributed by atoms with Gasteiger partial charge in [0, 0.05) is 24.2 Å². The molecule has 138 valence electrons. The number of Topliss-reactive ketones (excluding diaryl/α,β-unsaturated/α-hetero) is 1. The van der Waals surface area contributed by atoms with Crippen molar-refractivity contribution in [3.63, 3.8) is 0 Å². The van der Waals surface area contributed by atoms with Crippen LogP contribution in [0.1, 0.15) is 76.0 Å². The molecule has 0 unspecified atom stereocenters. The van der Waals surface area contributed by atoms with E-state index >= 15 is 0 Å². The van der Waals surface area contributed by atoms with Crippen molar-refractivity contribution in [2.75, 3.05) is 6.61 Å². The summed E-state index contributed by atoms with van der Waals surface area (Å²) in [6.07, 6.45) is 8.74. The molecule has 1 N–H and O–H groups in total. The number of hydrogen-bond acceptors (Lipinski definition) is 3. The van der Waals surface area contributed by atoms with E-state index in [2.05, 4.69) is 17.2 Å². The summed E-state index contributed by atoms with van der Waals surface area (Å²) in [7, 11) is 0. The van der Waals surface area contributed by atoms with Crippen LogP contribution in [0.15, 0.2) is 18.5 Å². The highest BCUT2D eigenvalue weighted by Crippen LogP contribution is 2.23. The number of aromatic amines is 1. The summed E-state index contributed by atoms with van der Waals surface area (Å²) in [6, 6.07) is 1.80. The number of nitrogens with zero attached hydrogens (tertiary/aromatic N) is 1. The minimum absolute atomic E-state index is 0.0260. The summed E-state index contributed by atoms with van der Waals surface area (Å²) in [6.45, 7) is 7.58. The molecule has 0 amide bonds. The predicted octanol–water partition coefficient (Wildman–Crippen LogP) is 3.42. The van der Waals surface area contributed by atoms with Crippen molar-refractivity contribution in [1.82, 2.24) is 4.98 Å². The van der Waals surface area contributed by atoms with Crippen molar-refractivity contribution >= 4 is 11.8 Å². The number of rotatable bonds is 5. The number of esters is 1. The molecule has 2 aromatic heterocycles. The van der Waals surface area contributed by atoms with Crippen LogP contribution < -0.4 is 4.57 Å². The summed E-state index contributed by atoms with van der Waals surface area (Å²) in [5, 5.41) is 0. The summed E-state index contributed by atoms with van der Waals surface area (Å²) in [4.78, 5) is 28.3. The lowest BCUT2D eigenvalue weighted by Gasteiger charge is -2.15. The lowest BCUT2D eigenvalue weighted by Crippen LogP contribution is -2.43. The third kappa shape index (κ3) is 3.30. The smallest absolute Gasteiger partial charge is 0.340 e. The van der Waals surface area contributed by atoms with Gasteiger partial charge in [-0.15, -0.1) is 0 Å². The van der Waals surface area contributed by atoms with Crippen molar-refractivity contribution in [2.24, 2.45) is 0 Å². The van der Waals surface area contributed by atoms with Crippen LogP contribution in [0.3, 0.4) is 0 Å². The van der Waals surface area contributed by atoms with Gasteiger partial charge in [0.2, 0.25) is 11.8 Å². The second-order valence-corrected chi connectivity index (χ2v) is 7.04. The van der Waals surface area contributed by atoms with E-state index in [1.54, 1.807) is 20.8 Å². The Hall–Kier alpha value is -2.43. The molecular weight excluding hydrogens is 328 g/mol. The summed E-state index contributed by atoms with van der Waals surface area (Å²) in [5.41, 5.74) is 5.03. The molecule has 3 rings (SSSR count). The number of aromatic nitrogens is 2. The lowest BCUT2D eigenvalue weighted by atomic mass is 9.93. The van der Waals surface area contributed by atoms with Gasteiger partial charge in [-0.2, -0.15) is 4.57 Å². The topological polar surface area (TPSA) is 63.0 Å². The van der Waals surface area contributed by atoms with Crippen LogP contribution in [-0.4, -0.2) is 23.3 Å². The van der Waals surface area contributed by atoms with E-state index in [0.29, 0.717) is 29.1 Å². The number of aryl methyl sites for hydroxylation is 3. The van der Waals surface area contributed by atoms with E-state index in [-0.39, 0.29) is 17.8 Å². The molecule has 5 heteroatoms. The maximum absolute atomic E-state index is 13.1. The monoisotopic (exact) mass is 355 g/mol. The molecule has 1 aliphatic carbocycles. The molecule has 5 nitrogen and oxygen atoms in total. The highest BCUT2D eigenvalue weighted by atomic mass is 16.5. The molecule has 0 aromatic carbocycles. The average molecular weight is 355 g/mol. The van der Waals surface area contributed by atoms with E-state index in [9.17, 15) is 9.59 Å². The van der Waals surface area contributed by atoms with Crippen LogP contribution in [-0.2, 0) is 17.6 Å². The summed E-state index contributed by atoms with van der Waals surface area (Å²) >= 11 is 0. The number of ether oxygens (including phenoxy) is 1. The van der Waals surface area contributed by atoms with Gasteiger partial charge < -0.3 is 9.72 Å². The summed E-state index contributed by atoms with van der Waals surface area (Å²) in [5.74, 6) is -0.409. The Labute approximate surface area is 154 Å². The van der Waals surface area contributed by atoms with Crippen molar-refractivity contribution in [2.45, 2.75) is 59.4 Å². The highest BCUT2D eigenvalue weighted by molar-refractivity contribution is 6.02. The first kappa shape index (κ1) is 18.4. The molecule has 2 heterocycles. The molecule has 2 aromatic rings. The molecule has 26 heavy (non-hydrogen) atoms. The molecule has 0 fully saturated rings. The number of carbonyl (C=O) groups is 2. The number of carbonyl (C=O) groups excluding carboxylic acids is 2. The van der Waals surface area contributed by atoms with Crippen LogP contribution in [0.2, 0.25) is 0 Å². The maximum atomic E-state index is 13.1. The van der Waals surface area contributed by atoms with Crippen LogP contribution in [0.5, 0.6) is 0 Å². The van der Waals surface area contributed by atoms with Crippen molar-refractivity contribution in [3.8, 4) is 0 Å². The van der Waals surface area contributed by atoms with E-state index in [4.69, 9.17) is 4.74 Å². The zero-order valence-corrected chi connectivity index (χ0v) is 16.0. The van der Waals surface area contributed by atoms with Crippen molar-refractivity contribution in [1.29, 1.82) is 0 Å². The number of nitrogens with one attached hydrogen (secondary N) is 1. The van der Waals surface area contributed by atoms with Crippen LogP contribution in [0.4, 0.5) is 0 Å². The van der Waals surface area contributed by atoms with E-state index in [1.807, 2.05) is 17.7 Å². The second-order valence-electron chi connectivity index (χ2n) is 7.04. The molecule has 0 spiro atoms. The first-order valence-electron chi connectivity index (χ1n) is 9.37. The fourth-order valence-electron chi connectivity index (χ4n) is 3.78. The van der Waals surface area contributed by atoms with Gasteiger partial charge in [-0.3, -0.25) is 4.79 Å². The van der Waals surface area contributed by atoms with Gasteiger partial charge in [0.05, 0.1) is 17.9 Å². The largest absolute Gasteiger partial charge is 0.462 e. The van der Waals surface area contributed by atoms with Crippen LogP contribution >= 0.6 is 0 Å². The predicted molar refractivity (Wildman–Crippen MR) is 98.5 cm³/mol. The van der Waals surface area contributed by atoms with Gasteiger partial charge in [0.15, 0.2) is 12.4 Å². The zero-order chi connectivity index (χ0) is 18.8. The fraction of sp³-hybridized carbons (Fsp3) is 0.476. The number of H-pyrrole nitrogens is 1. The van der Waals surface area contributed by atoms with E-state index < -0.39 is 0 Å². The SMILES string of the molecule is CCOC(=O)c1c(C)[nH]c(C(=O)[C@H](C)[n+]2ccc3c(c2)CCCC3)c1C. The van der Waals surface area contributed by atoms with E-state index in [0.717, 1.165) is 12.8 Å². The molecule has 1 atom stereocenters. The Morgan fingerprint density at radius 2 is 1.92 bits per heavy atom. The second kappa shape index (κ2) is 7.44. The highest BCUT2D eigenvalue weighted by Gasteiger charge is 2.30.